The Hall–Kier alpha value is -0.890. The van der Waals surface area contributed by atoms with Crippen LogP contribution in [-0.2, 0) is 0 Å². The molecule has 0 aliphatic rings. The van der Waals surface area contributed by atoms with Gasteiger partial charge in [-0.25, -0.2) is 0 Å². The van der Waals surface area contributed by atoms with E-state index in [4.69, 9.17) is 5.73 Å². The molecule has 0 aromatic heterocycles. The van der Waals surface area contributed by atoms with E-state index in [2.05, 4.69) is 12.6 Å². The lowest BCUT2D eigenvalue weighted by Gasteiger charge is -1.99. The Bertz CT molecular complexity index is 279. The Labute approximate surface area is 72.3 Å². The fourth-order valence-electron chi connectivity index (χ4n) is 0.901. The summed E-state index contributed by atoms with van der Waals surface area (Å²) in [5.74, 6) is 0. The highest BCUT2D eigenvalue weighted by Crippen LogP contribution is 2.17. The molecule has 0 aliphatic heterocycles. The Morgan fingerprint density at radius 3 is 2.82 bits per heavy atom. The maximum atomic E-state index is 5.32. The lowest BCUT2D eigenvalue weighted by Crippen LogP contribution is -1.83. The van der Waals surface area contributed by atoms with Crippen molar-refractivity contribution in [2.75, 3.05) is 0 Å². The number of nitrogens with two attached hydrogens (primary N) is 1. The summed E-state index contributed by atoms with van der Waals surface area (Å²) in [7, 11) is 0. The predicted octanol–water partition coefficient (Wildman–Crippen LogP) is 2.18. The first-order chi connectivity index (χ1) is 5.24. The highest BCUT2D eigenvalue weighted by Gasteiger charge is 1.93. The largest absolute Gasteiger partial charge is 0.404 e. The van der Waals surface area contributed by atoms with Crippen LogP contribution in [0.2, 0.25) is 0 Å². The zero-order valence-corrected chi connectivity index (χ0v) is 7.31. The average molecular weight is 165 g/mol. The van der Waals surface area contributed by atoms with E-state index in [9.17, 15) is 0 Å². The zero-order valence-electron chi connectivity index (χ0n) is 6.41. The van der Waals surface area contributed by atoms with Crippen molar-refractivity contribution < 1.29 is 0 Å². The molecule has 0 atom stereocenters. The van der Waals surface area contributed by atoms with Crippen molar-refractivity contribution in [3.8, 4) is 0 Å². The Morgan fingerprint density at radius 1 is 1.55 bits per heavy atom. The second-order valence-electron chi connectivity index (χ2n) is 2.42. The third-order valence-electron chi connectivity index (χ3n) is 1.47. The second-order valence-corrected chi connectivity index (χ2v) is 2.90. The van der Waals surface area contributed by atoms with Gasteiger partial charge in [0.05, 0.1) is 0 Å². The van der Waals surface area contributed by atoms with Gasteiger partial charge in [0.2, 0.25) is 0 Å². The molecule has 0 heterocycles. The summed E-state index contributed by atoms with van der Waals surface area (Å²) >= 11 is 4.20. The van der Waals surface area contributed by atoms with Gasteiger partial charge in [-0.15, -0.1) is 12.6 Å². The molecule has 2 heteroatoms. The number of rotatable bonds is 1. The maximum absolute atomic E-state index is 5.32. The van der Waals surface area contributed by atoms with Crippen molar-refractivity contribution in [1.82, 2.24) is 0 Å². The molecule has 0 radical (unpaired) electrons. The third kappa shape index (κ3) is 2.02. The van der Waals surface area contributed by atoms with Crippen LogP contribution in [-0.4, -0.2) is 0 Å². The summed E-state index contributed by atoms with van der Waals surface area (Å²) in [5, 5.41) is 0. The maximum Gasteiger partial charge on any atom is 0.0268 e. The number of hydrogen-bond acceptors (Lipinski definition) is 2. The van der Waals surface area contributed by atoms with Gasteiger partial charge in [0.1, 0.15) is 0 Å². The molecule has 0 amide bonds. The van der Waals surface area contributed by atoms with Crippen LogP contribution in [0.3, 0.4) is 0 Å². The monoisotopic (exact) mass is 165 g/mol. The van der Waals surface area contributed by atoms with Crippen LogP contribution in [0.4, 0.5) is 0 Å². The number of hydrogen-bond donors (Lipinski definition) is 2. The van der Waals surface area contributed by atoms with E-state index in [1.54, 1.807) is 0 Å². The summed E-state index contributed by atoms with van der Waals surface area (Å²) in [6.45, 7) is 2.04. The smallest absolute Gasteiger partial charge is 0.0268 e. The molecule has 1 aromatic carbocycles. The van der Waals surface area contributed by atoms with E-state index in [0.29, 0.717) is 0 Å². The minimum atomic E-state index is 0.814. The van der Waals surface area contributed by atoms with Crippen molar-refractivity contribution in [1.29, 1.82) is 0 Å². The van der Waals surface area contributed by atoms with Gasteiger partial charge in [0.15, 0.2) is 0 Å². The highest BCUT2D eigenvalue weighted by molar-refractivity contribution is 7.90. The Morgan fingerprint density at radius 2 is 2.27 bits per heavy atom. The molecule has 0 unspecified atom stereocenters. The van der Waals surface area contributed by atoms with Crippen LogP contribution in [0.25, 0.3) is 4.91 Å². The van der Waals surface area contributed by atoms with Gasteiger partial charge in [0.25, 0.3) is 0 Å². The summed E-state index contributed by atoms with van der Waals surface area (Å²) in [5.41, 5.74) is 7.60. The fourth-order valence-corrected chi connectivity index (χ4v) is 1.04. The lowest BCUT2D eigenvalue weighted by atomic mass is 10.1. The van der Waals surface area contributed by atoms with E-state index in [1.165, 1.54) is 11.8 Å². The molecular weight excluding hydrogens is 154 g/mol. The first kappa shape index (κ1) is 8.21. The van der Waals surface area contributed by atoms with Crippen LogP contribution >= 0.6 is 12.6 Å². The molecule has 0 bridgehead atoms. The van der Waals surface area contributed by atoms with Gasteiger partial charge in [-0.1, -0.05) is 29.8 Å². The summed E-state index contributed by atoms with van der Waals surface area (Å²) < 4.78 is 0. The van der Waals surface area contributed by atoms with Crippen LogP contribution in [0.1, 0.15) is 11.1 Å². The van der Waals surface area contributed by atoms with Gasteiger partial charge in [-0.05, 0) is 12.5 Å². The molecule has 1 aromatic rings. The summed E-state index contributed by atoms with van der Waals surface area (Å²) in [6, 6.07) is 8.07. The first-order valence-electron chi connectivity index (χ1n) is 3.42. The number of benzene rings is 1. The van der Waals surface area contributed by atoms with Crippen molar-refractivity contribution in [3.05, 3.63) is 41.6 Å². The van der Waals surface area contributed by atoms with Gasteiger partial charge in [-0.2, -0.15) is 0 Å². The molecule has 0 spiro atoms. The van der Waals surface area contributed by atoms with Crippen LogP contribution in [0.5, 0.6) is 0 Å². The van der Waals surface area contributed by atoms with Gasteiger partial charge < -0.3 is 5.73 Å². The van der Waals surface area contributed by atoms with Gasteiger partial charge in [-0.3, -0.25) is 0 Å². The van der Waals surface area contributed by atoms with Crippen molar-refractivity contribution in [3.63, 3.8) is 0 Å². The SMILES string of the molecule is Cc1cccc(/C(S)=C/N)c1. The van der Waals surface area contributed by atoms with E-state index in [-0.39, 0.29) is 0 Å². The minimum absolute atomic E-state index is 0.814. The molecule has 2 N–H and O–H groups in total. The van der Waals surface area contributed by atoms with Crippen LogP contribution in [0, 0.1) is 6.92 Å². The quantitative estimate of drug-likeness (QED) is 0.613. The minimum Gasteiger partial charge on any atom is -0.404 e. The molecule has 11 heavy (non-hydrogen) atoms. The van der Waals surface area contributed by atoms with E-state index < -0.39 is 0 Å². The van der Waals surface area contributed by atoms with Crippen molar-refractivity contribution in [2.24, 2.45) is 5.73 Å². The van der Waals surface area contributed by atoms with E-state index >= 15 is 0 Å². The van der Waals surface area contributed by atoms with Crippen LogP contribution < -0.4 is 5.73 Å². The normalized spacial score (nSPS) is 11.6. The predicted molar refractivity (Wildman–Crippen MR) is 52.3 cm³/mol. The molecule has 0 saturated carbocycles. The third-order valence-corrected chi connectivity index (χ3v) is 1.88. The molecule has 0 saturated heterocycles. The van der Waals surface area contributed by atoms with E-state index in [0.717, 1.165) is 10.5 Å². The van der Waals surface area contributed by atoms with Crippen LogP contribution in [0.15, 0.2) is 30.5 Å². The molecule has 1 rings (SSSR count). The standard InChI is InChI=1S/C9H11NS/c1-7-3-2-4-8(5-7)9(11)6-10/h2-6,11H,10H2,1H3/b9-6-. The van der Waals surface area contributed by atoms with E-state index in [1.807, 2.05) is 31.2 Å². The number of aryl methyl sites for hydroxylation is 1. The summed E-state index contributed by atoms with van der Waals surface area (Å²) in [4.78, 5) is 0.814. The van der Waals surface area contributed by atoms with Gasteiger partial charge >= 0.3 is 0 Å². The van der Waals surface area contributed by atoms with Gasteiger partial charge in [0, 0.05) is 11.1 Å². The van der Waals surface area contributed by atoms with Crippen molar-refractivity contribution >= 4 is 17.5 Å². The Balaban J connectivity index is 3.06. The highest BCUT2D eigenvalue weighted by atomic mass is 32.1. The average Bonchev–Trinajstić information content (AvgIpc) is 2.03. The first-order valence-corrected chi connectivity index (χ1v) is 3.86. The molecule has 0 fully saturated rings. The molecule has 0 aliphatic carbocycles. The Kier molecular flexibility index (Phi) is 2.60. The molecule has 1 nitrogen and oxygen atoms in total. The summed E-state index contributed by atoms with van der Waals surface area (Å²) in [6.07, 6.45) is 1.50. The zero-order chi connectivity index (χ0) is 8.27. The second kappa shape index (κ2) is 3.49. The molecule has 58 valence electrons. The number of thiol groups is 1. The molecular formula is C9H11NS. The lowest BCUT2D eigenvalue weighted by molar-refractivity contribution is 1.45. The topological polar surface area (TPSA) is 26.0 Å². The van der Waals surface area contributed by atoms with Crippen molar-refractivity contribution in [2.45, 2.75) is 6.92 Å². The fraction of sp³-hybridized carbons (Fsp3) is 0.111.